The average molecular weight is 354 g/mol. The average Bonchev–Trinajstić information content (AvgIpc) is 2.59. The van der Waals surface area contributed by atoms with Crippen LogP contribution in [-0.2, 0) is 6.42 Å². The van der Waals surface area contributed by atoms with E-state index in [4.69, 9.17) is 11.6 Å². The van der Waals surface area contributed by atoms with Gasteiger partial charge in [0.15, 0.2) is 5.82 Å². The summed E-state index contributed by atoms with van der Waals surface area (Å²) >= 11 is 6.00. The van der Waals surface area contributed by atoms with Crippen molar-refractivity contribution in [1.29, 1.82) is 0 Å². The summed E-state index contributed by atoms with van der Waals surface area (Å²) in [6, 6.07) is 14.1. The summed E-state index contributed by atoms with van der Waals surface area (Å²) in [5, 5.41) is 15.3. The summed E-state index contributed by atoms with van der Waals surface area (Å²) in [6.07, 6.45) is 2.45. The molecule has 2 aromatic carbocycles. The first kappa shape index (κ1) is 17.2. The second kappa shape index (κ2) is 7.94. The fourth-order valence-electron chi connectivity index (χ4n) is 2.46. The standard InChI is InChI=1S/C19H20ClN5/c1-13-6-7-14(2)17(10-13)23-18-12-22-25-19(24-18)21-9-8-15-4-3-5-16(20)11-15/h3-7,10-12H,8-9H2,1-2H3,(H2,21,23,24,25). The number of rotatable bonds is 6. The quantitative estimate of drug-likeness (QED) is 0.681. The lowest BCUT2D eigenvalue weighted by Gasteiger charge is -2.10. The molecule has 0 aliphatic rings. The van der Waals surface area contributed by atoms with Crippen molar-refractivity contribution in [2.24, 2.45) is 0 Å². The van der Waals surface area contributed by atoms with Gasteiger partial charge in [0.25, 0.3) is 0 Å². The van der Waals surface area contributed by atoms with Crippen LogP contribution in [0.4, 0.5) is 17.5 Å². The Morgan fingerprint density at radius 1 is 1.08 bits per heavy atom. The van der Waals surface area contributed by atoms with Crippen molar-refractivity contribution in [2.45, 2.75) is 20.3 Å². The van der Waals surface area contributed by atoms with Crippen LogP contribution >= 0.6 is 11.6 Å². The highest BCUT2D eigenvalue weighted by atomic mass is 35.5. The van der Waals surface area contributed by atoms with Gasteiger partial charge in [0.2, 0.25) is 5.95 Å². The van der Waals surface area contributed by atoms with Crippen LogP contribution in [0.15, 0.2) is 48.7 Å². The lowest BCUT2D eigenvalue weighted by atomic mass is 10.1. The zero-order chi connectivity index (χ0) is 17.6. The van der Waals surface area contributed by atoms with E-state index in [0.717, 1.165) is 28.3 Å². The predicted molar refractivity (Wildman–Crippen MR) is 103 cm³/mol. The van der Waals surface area contributed by atoms with Crippen molar-refractivity contribution in [3.05, 3.63) is 70.4 Å². The fourth-order valence-corrected chi connectivity index (χ4v) is 2.67. The number of hydrogen-bond acceptors (Lipinski definition) is 5. The highest BCUT2D eigenvalue weighted by Crippen LogP contribution is 2.20. The molecule has 25 heavy (non-hydrogen) atoms. The summed E-state index contributed by atoms with van der Waals surface area (Å²) in [6.45, 7) is 4.82. The SMILES string of the molecule is Cc1ccc(C)c(Nc2cnnc(NCCc3cccc(Cl)c3)n2)c1. The summed E-state index contributed by atoms with van der Waals surface area (Å²) in [4.78, 5) is 4.47. The summed E-state index contributed by atoms with van der Waals surface area (Å²) in [7, 11) is 0. The van der Waals surface area contributed by atoms with Crippen molar-refractivity contribution in [3.63, 3.8) is 0 Å². The van der Waals surface area contributed by atoms with E-state index in [1.807, 2.05) is 24.3 Å². The van der Waals surface area contributed by atoms with Crippen molar-refractivity contribution in [2.75, 3.05) is 17.2 Å². The van der Waals surface area contributed by atoms with Crippen molar-refractivity contribution in [1.82, 2.24) is 15.2 Å². The van der Waals surface area contributed by atoms with Gasteiger partial charge in [-0.2, -0.15) is 10.1 Å². The third kappa shape index (κ3) is 4.90. The summed E-state index contributed by atoms with van der Waals surface area (Å²) < 4.78 is 0. The van der Waals surface area contributed by atoms with Crippen molar-refractivity contribution >= 4 is 29.1 Å². The van der Waals surface area contributed by atoms with Gasteiger partial charge in [0, 0.05) is 17.3 Å². The second-order valence-corrected chi connectivity index (χ2v) is 6.35. The summed E-state index contributed by atoms with van der Waals surface area (Å²) in [5.41, 5.74) is 4.53. The van der Waals surface area contributed by atoms with Gasteiger partial charge >= 0.3 is 0 Å². The molecule has 0 saturated heterocycles. The fraction of sp³-hybridized carbons (Fsp3) is 0.211. The first-order chi connectivity index (χ1) is 12.1. The molecular formula is C19H20ClN5. The van der Waals surface area contributed by atoms with E-state index in [1.54, 1.807) is 6.20 Å². The Balaban J connectivity index is 1.62. The molecule has 0 aliphatic carbocycles. The molecule has 0 saturated carbocycles. The smallest absolute Gasteiger partial charge is 0.244 e. The minimum absolute atomic E-state index is 0.498. The Morgan fingerprint density at radius 2 is 1.96 bits per heavy atom. The van der Waals surface area contributed by atoms with Crippen molar-refractivity contribution in [3.8, 4) is 0 Å². The Labute approximate surface area is 152 Å². The van der Waals surface area contributed by atoms with Crippen LogP contribution < -0.4 is 10.6 Å². The molecule has 6 heteroatoms. The molecule has 2 N–H and O–H groups in total. The van der Waals surface area contributed by atoms with E-state index in [0.29, 0.717) is 18.3 Å². The predicted octanol–water partition coefficient (Wildman–Crippen LogP) is 4.54. The molecule has 0 aliphatic heterocycles. The lowest BCUT2D eigenvalue weighted by molar-refractivity contribution is 0.929. The van der Waals surface area contributed by atoms with E-state index >= 15 is 0 Å². The molecule has 0 unspecified atom stereocenters. The van der Waals surface area contributed by atoms with Gasteiger partial charge in [-0.1, -0.05) is 35.9 Å². The van der Waals surface area contributed by atoms with E-state index < -0.39 is 0 Å². The zero-order valence-corrected chi connectivity index (χ0v) is 15.0. The molecular weight excluding hydrogens is 334 g/mol. The van der Waals surface area contributed by atoms with Gasteiger partial charge in [-0.3, -0.25) is 0 Å². The van der Waals surface area contributed by atoms with Crippen LogP contribution in [0.3, 0.4) is 0 Å². The van der Waals surface area contributed by atoms with Gasteiger partial charge < -0.3 is 10.6 Å². The Hall–Kier alpha value is -2.66. The number of aromatic nitrogens is 3. The maximum Gasteiger partial charge on any atom is 0.244 e. The van der Waals surface area contributed by atoms with E-state index in [2.05, 4.69) is 57.9 Å². The van der Waals surface area contributed by atoms with Gasteiger partial charge in [-0.05, 0) is 55.2 Å². The molecule has 3 aromatic rings. The molecule has 3 rings (SSSR count). The zero-order valence-electron chi connectivity index (χ0n) is 14.3. The van der Waals surface area contributed by atoms with Crippen LogP contribution in [0.1, 0.15) is 16.7 Å². The van der Waals surface area contributed by atoms with Crippen LogP contribution in [0.5, 0.6) is 0 Å². The molecule has 0 spiro atoms. The van der Waals surface area contributed by atoms with Crippen LogP contribution in [0.25, 0.3) is 0 Å². The first-order valence-electron chi connectivity index (χ1n) is 8.12. The van der Waals surface area contributed by atoms with E-state index in [1.165, 1.54) is 5.56 Å². The maximum atomic E-state index is 6.00. The van der Waals surface area contributed by atoms with E-state index in [-0.39, 0.29) is 0 Å². The first-order valence-corrected chi connectivity index (χ1v) is 8.50. The van der Waals surface area contributed by atoms with Gasteiger partial charge in [0.1, 0.15) is 0 Å². The van der Waals surface area contributed by atoms with Gasteiger partial charge in [-0.15, -0.1) is 5.10 Å². The molecule has 0 fully saturated rings. The highest BCUT2D eigenvalue weighted by Gasteiger charge is 2.04. The highest BCUT2D eigenvalue weighted by molar-refractivity contribution is 6.30. The van der Waals surface area contributed by atoms with Gasteiger partial charge in [0.05, 0.1) is 6.20 Å². The normalized spacial score (nSPS) is 10.5. The Kier molecular flexibility index (Phi) is 5.46. The number of benzene rings is 2. The minimum Gasteiger partial charge on any atom is -0.353 e. The Bertz CT molecular complexity index is 866. The van der Waals surface area contributed by atoms with Crippen LogP contribution in [0, 0.1) is 13.8 Å². The van der Waals surface area contributed by atoms with Gasteiger partial charge in [-0.25, -0.2) is 0 Å². The third-order valence-electron chi connectivity index (χ3n) is 3.80. The largest absolute Gasteiger partial charge is 0.353 e. The number of hydrogen-bond donors (Lipinski definition) is 2. The van der Waals surface area contributed by atoms with E-state index in [9.17, 15) is 0 Å². The minimum atomic E-state index is 0.498. The Morgan fingerprint density at radius 3 is 2.80 bits per heavy atom. The number of nitrogens with one attached hydrogen (secondary N) is 2. The topological polar surface area (TPSA) is 62.7 Å². The number of aryl methyl sites for hydroxylation is 2. The lowest BCUT2D eigenvalue weighted by Crippen LogP contribution is -2.10. The van der Waals surface area contributed by atoms with Crippen molar-refractivity contribution < 1.29 is 0 Å². The molecule has 0 radical (unpaired) electrons. The number of halogens is 1. The monoisotopic (exact) mass is 353 g/mol. The summed E-state index contributed by atoms with van der Waals surface area (Å²) in [5.74, 6) is 1.16. The third-order valence-corrected chi connectivity index (χ3v) is 4.04. The maximum absolute atomic E-state index is 6.00. The number of anilines is 3. The molecule has 128 valence electrons. The van der Waals surface area contributed by atoms with Crippen LogP contribution in [0.2, 0.25) is 5.02 Å². The second-order valence-electron chi connectivity index (χ2n) is 5.92. The molecule has 1 aromatic heterocycles. The molecule has 0 amide bonds. The molecule has 0 bridgehead atoms. The number of nitrogens with zero attached hydrogens (tertiary/aromatic N) is 3. The molecule has 5 nitrogen and oxygen atoms in total. The van der Waals surface area contributed by atoms with Crippen LogP contribution in [-0.4, -0.2) is 21.7 Å². The molecule has 1 heterocycles. The molecule has 0 atom stereocenters.